The number of hydrogen-bond acceptors (Lipinski definition) is 3. The van der Waals surface area contributed by atoms with Crippen LogP contribution in [-0.2, 0) is 11.3 Å². The first-order valence-corrected chi connectivity index (χ1v) is 8.39. The highest BCUT2D eigenvalue weighted by Gasteiger charge is 2.43. The number of aliphatic carboxylic acids is 1. The van der Waals surface area contributed by atoms with E-state index < -0.39 is 30.3 Å². The maximum atomic E-state index is 14.3. The third-order valence-electron chi connectivity index (χ3n) is 4.75. The minimum Gasteiger partial charge on any atom is -0.481 e. The Bertz CT molecular complexity index is 718. The molecule has 1 heterocycles. The molecule has 1 aromatic carbocycles. The summed E-state index contributed by atoms with van der Waals surface area (Å²) in [6.07, 6.45) is 3.42. The molecule has 7 heteroatoms. The summed E-state index contributed by atoms with van der Waals surface area (Å²) in [6, 6.07) is 8.50. The topological polar surface area (TPSA) is 67.2 Å². The fourth-order valence-electron chi connectivity index (χ4n) is 3.27. The summed E-state index contributed by atoms with van der Waals surface area (Å²) < 4.78 is 30.5. The van der Waals surface area contributed by atoms with E-state index in [4.69, 9.17) is 5.11 Å². The molecule has 1 fully saturated rings. The number of imidazole rings is 1. The molecule has 2 N–H and O–H groups in total. The molecule has 1 aliphatic carbocycles. The number of carboxylic acids is 1. The van der Waals surface area contributed by atoms with E-state index in [2.05, 4.69) is 10.3 Å². The van der Waals surface area contributed by atoms with Crippen molar-refractivity contribution in [2.45, 2.75) is 44.2 Å². The summed E-state index contributed by atoms with van der Waals surface area (Å²) in [6.45, 7) is 0.194. The van der Waals surface area contributed by atoms with E-state index in [9.17, 15) is 13.6 Å². The van der Waals surface area contributed by atoms with Crippen LogP contribution in [0, 0.1) is 5.92 Å². The second-order valence-corrected chi connectivity index (χ2v) is 6.39. The Balaban J connectivity index is 1.69. The minimum absolute atomic E-state index is 0.0131. The summed E-state index contributed by atoms with van der Waals surface area (Å²) in [7, 11) is 0. The van der Waals surface area contributed by atoms with E-state index in [1.54, 1.807) is 12.4 Å². The Labute approximate surface area is 144 Å². The van der Waals surface area contributed by atoms with Crippen molar-refractivity contribution in [3.8, 4) is 5.69 Å². The van der Waals surface area contributed by atoms with Gasteiger partial charge in [-0.15, -0.1) is 0 Å². The van der Waals surface area contributed by atoms with Gasteiger partial charge in [0, 0.05) is 24.5 Å². The average Bonchev–Trinajstić information content (AvgIpc) is 2.99. The molecule has 0 saturated heterocycles. The standard InChI is InChI=1S/C18H21F2N3O2/c19-18(20)9-8-13(17(24)25)6-7-15(18)22-12-16-21-10-11-23(16)14-4-2-1-3-5-14/h1-5,10-11,13,15,22H,6-9,12H2,(H,24,25)/t13-,15-/m1/s1. The molecule has 2 aromatic rings. The third kappa shape index (κ3) is 4.04. The number of benzene rings is 1. The molecule has 1 saturated carbocycles. The maximum Gasteiger partial charge on any atom is 0.306 e. The summed E-state index contributed by atoms with van der Waals surface area (Å²) >= 11 is 0. The predicted octanol–water partition coefficient (Wildman–Crippen LogP) is 3.24. The van der Waals surface area contributed by atoms with Crippen LogP contribution in [0.1, 0.15) is 31.5 Å². The van der Waals surface area contributed by atoms with E-state index in [1.165, 1.54) is 0 Å². The smallest absolute Gasteiger partial charge is 0.306 e. The monoisotopic (exact) mass is 349 g/mol. The fraction of sp³-hybridized carbons (Fsp3) is 0.444. The van der Waals surface area contributed by atoms with Crippen molar-refractivity contribution in [3.63, 3.8) is 0 Å². The lowest BCUT2D eigenvalue weighted by atomic mass is 10.0. The molecule has 0 radical (unpaired) electrons. The van der Waals surface area contributed by atoms with Crippen LogP contribution in [0.4, 0.5) is 8.78 Å². The SMILES string of the molecule is O=C(O)[C@@H]1CC[C@@H](NCc2nccn2-c2ccccc2)C(F)(F)CC1. The lowest BCUT2D eigenvalue weighted by Gasteiger charge is -2.25. The molecule has 5 nitrogen and oxygen atoms in total. The fourth-order valence-corrected chi connectivity index (χ4v) is 3.27. The van der Waals surface area contributed by atoms with E-state index in [0.29, 0.717) is 5.82 Å². The van der Waals surface area contributed by atoms with E-state index in [-0.39, 0.29) is 25.8 Å². The maximum absolute atomic E-state index is 14.3. The van der Waals surface area contributed by atoms with Gasteiger partial charge < -0.3 is 15.0 Å². The van der Waals surface area contributed by atoms with Crippen molar-refractivity contribution in [1.82, 2.24) is 14.9 Å². The number of para-hydroxylation sites is 1. The number of halogens is 2. The normalized spacial score (nSPS) is 23.1. The van der Waals surface area contributed by atoms with Crippen molar-refractivity contribution in [2.24, 2.45) is 5.92 Å². The number of carboxylic acid groups (broad SMARTS) is 1. The number of aromatic nitrogens is 2. The number of alkyl halides is 2. The Morgan fingerprint density at radius 1 is 1.28 bits per heavy atom. The Morgan fingerprint density at radius 3 is 2.76 bits per heavy atom. The number of rotatable bonds is 5. The zero-order chi connectivity index (χ0) is 17.9. The molecule has 0 aliphatic heterocycles. The van der Waals surface area contributed by atoms with Gasteiger partial charge in [0.1, 0.15) is 5.82 Å². The van der Waals surface area contributed by atoms with Gasteiger partial charge in [0.2, 0.25) is 0 Å². The van der Waals surface area contributed by atoms with Gasteiger partial charge in [-0.3, -0.25) is 4.79 Å². The second-order valence-electron chi connectivity index (χ2n) is 6.39. The first-order chi connectivity index (χ1) is 12.0. The lowest BCUT2D eigenvalue weighted by Crippen LogP contribution is -2.44. The van der Waals surface area contributed by atoms with Crippen LogP contribution in [0.2, 0.25) is 0 Å². The summed E-state index contributed by atoms with van der Waals surface area (Å²) in [4.78, 5) is 15.3. The molecule has 1 aromatic heterocycles. The summed E-state index contributed by atoms with van der Waals surface area (Å²) in [5.41, 5.74) is 0.912. The first kappa shape index (κ1) is 17.5. The van der Waals surface area contributed by atoms with Crippen molar-refractivity contribution in [3.05, 3.63) is 48.5 Å². The van der Waals surface area contributed by atoms with Gasteiger partial charge >= 0.3 is 5.97 Å². The van der Waals surface area contributed by atoms with Crippen LogP contribution in [0.15, 0.2) is 42.7 Å². The van der Waals surface area contributed by atoms with Gasteiger partial charge in [-0.05, 0) is 31.4 Å². The molecule has 0 unspecified atom stereocenters. The Hall–Kier alpha value is -2.28. The van der Waals surface area contributed by atoms with Crippen molar-refractivity contribution in [1.29, 1.82) is 0 Å². The van der Waals surface area contributed by atoms with Crippen LogP contribution in [0.5, 0.6) is 0 Å². The molecule has 25 heavy (non-hydrogen) atoms. The summed E-state index contributed by atoms with van der Waals surface area (Å²) in [5.74, 6) is -3.96. The number of carbonyl (C=O) groups is 1. The van der Waals surface area contributed by atoms with Crippen LogP contribution in [-0.4, -0.2) is 32.6 Å². The number of nitrogens with one attached hydrogen (secondary N) is 1. The predicted molar refractivity (Wildman–Crippen MR) is 88.7 cm³/mol. The van der Waals surface area contributed by atoms with Gasteiger partial charge in [-0.25, -0.2) is 13.8 Å². The largest absolute Gasteiger partial charge is 0.481 e. The van der Waals surface area contributed by atoms with Gasteiger partial charge in [0.05, 0.1) is 18.5 Å². The molecular weight excluding hydrogens is 328 g/mol. The number of hydrogen-bond donors (Lipinski definition) is 2. The highest BCUT2D eigenvalue weighted by atomic mass is 19.3. The van der Waals surface area contributed by atoms with E-state index in [0.717, 1.165) is 5.69 Å². The molecule has 0 amide bonds. The van der Waals surface area contributed by atoms with Crippen LogP contribution in [0.3, 0.4) is 0 Å². The molecule has 0 bridgehead atoms. The molecular formula is C18H21F2N3O2. The quantitative estimate of drug-likeness (QED) is 0.813. The zero-order valence-electron chi connectivity index (χ0n) is 13.7. The van der Waals surface area contributed by atoms with Gasteiger partial charge in [-0.1, -0.05) is 18.2 Å². The third-order valence-corrected chi connectivity index (χ3v) is 4.75. The molecule has 3 rings (SSSR count). The van der Waals surface area contributed by atoms with Gasteiger partial charge in [-0.2, -0.15) is 0 Å². The van der Waals surface area contributed by atoms with Crippen molar-refractivity contribution in [2.75, 3.05) is 0 Å². The highest BCUT2D eigenvalue weighted by molar-refractivity contribution is 5.69. The number of nitrogens with zero attached hydrogens (tertiary/aromatic N) is 2. The zero-order valence-corrected chi connectivity index (χ0v) is 13.7. The Kier molecular flexibility index (Phi) is 5.13. The van der Waals surface area contributed by atoms with Gasteiger partial charge in [0.25, 0.3) is 5.92 Å². The molecule has 134 valence electrons. The van der Waals surface area contributed by atoms with Crippen molar-refractivity contribution < 1.29 is 18.7 Å². The molecule has 0 spiro atoms. The second kappa shape index (κ2) is 7.31. The van der Waals surface area contributed by atoms with Gasteiger partial charge in [0.15, 0.2) is 0 Å². The van der Waals surface area contributed by atoms with Crippen LogP contribution in [0.25, 0.3) is 5.69 Å². The molecule has 2 atom stereocenters. The van der Waals surface area contributed by atoms with Crippen LogP contribution >= 0.6 is 0 Å². The van der Waals surface area contributed by atoms with Crippen molar-refractivity contribution >= 4 is 5.97 Å². The minimum atomic E-state index is -2.92. The first-order valence-electron chi connectivity index (χ1n) is 8.39. The van der Waals surface area contributed by atoms with Crippen LogP contribution < -0.4 is 5.32 Å². The summed E-state index contributed by atoms with van der Waals surface area (Å²) in [5, 5.41) is 12.0. The highest BCUT2D eigenvalue weighted by Crippen LogP contribution is 2.35. The van der Waals surface area contributed by atoms with E-state index >= 15 is 0 Å². The Morgan fingerprint density at radius 2 is 2.04 bits per heavy atom. The average molecular weight is 349 g/mol. The lowest BCUT2D eigenvalue weighted by molar-refractivity contribution is -0.142. The molecule has 1 aliphatic rings. The van der Waals surface area contributed by atoms with E-state index in [1.807, 2.05) is 34.9 Å².